The van der Waals surface area contributed by atoms with E-state index in [1.54, 1.807) is 0 Å². The number of aromatic amines is 1. The number of primary amides is 1. The van der Waals surface area contributed by atoms with E-state index in [-0.39, 0.29) is 12.3 Å². The van der Waals surface area contributed by atoms with Gasteiger partial charge in [-0.25, -0.2) is 0 Å². The van der Waals surface area contributed by atoms with Crippen LogP contribution in [0.3, 0.4) is 0 Å². The lowest BCUT2D eigenvalue weighted by Gasteiger charge is -2.29. The minimum absolute atomic E-state index is 0.151. The van der Waals surface area contributed by atoms with Crippen molar-refractivity contribution in [3.05, 3.63) is 59.1 Å². The van der Waals surface area contributed by atoms with Crippen LogP contribution < -0.4 is 20.7 Å². The van der Waals surface area contributed by atoms with Gasteiger partial charge in [-0.05, 0) is 53.1 Å². The maximum absolute atomic E-state index is 12.0. The number of amides is 1. The highest BCUT2D eigenvalue weighted by atomic mass is 35.5. The summed E-state index contributed by atoms with van der Waals surface area (Å²) in [4.78, 5) is 20.3. The zero-order valence-corrected chi connectivity index (χ0v) is 22.7. The normalized spacial score (nSPS) is 16.7. The molecule has 8 nitrogen and oxygen atoms in total. The molecule has 4 N–H and O–H groups in total. The van der Waals surface area contributed by atoms with Crippen molar-refractivity contribution in [3.8, 4) is 16.9 Å². The Labute approximate surface area is 233 Å². The first kappa shape index (κ1) is 26.0. The van der Waals surface area contributed by atoms with E-state index in [2.05, 4.69) is 44.4 Å². The highest BCUT2D eigenvalue weighted by Crippen LogP contribution is 2.37. The highest BCUT2D eigenvalue weighted by molar-refractivity contribution is 6.32. The largest absolute Gasteiger partial charge is 0.491 e. The number of halogens is 1. The lowest BCUT2D eigenvalue weighted by atomic mass is 9.97. The predicted molar refractivity (Wildman–Crippen MR) is 157 cm³/mol. The molecule has 2 fully saturated rings. The van der Waals surface area contributed by atoms with Gasteiger partial charge in [-0.15, -0.1) is 0 Å². The molecule has 1 amide bonds. The Morgan fingerprint density at radius 3 is 2.56 bits per heavy atom. The van der Waals surface area contributed by atoms with Gasteiger partial charge >= 0.3 is 0 Å². The molecule has 0 atom stereocenters. The standard InChI is InChI=1S/C30H34ClN5O3/c31-26-17-20(1-4-28(26)39-14-11-35-9-12-38-13-10-35)21-15-22(18-29(32)37)30-25(16-21)24-3-2-23(19-27(24)34-30)36-7-5-33-6-8-36/h1-4,15-17,19,33-34H,5-14,18H2,(H2,32,37). The van der Waals surface area contributed by atoms with Gasteiger partial charge < -0.3 is 30.4 Å². The van der Waals surface area contributed by atoms with Crippen molar-refractivity contribution in [3.63, 3.8) is 0 Å². The summed E-state index contributed by atoms with van der Waals surface area (Å²) in [6.45, 7) is 8.73. The van der Waals surface area contributed by atoms with Crippen molar-refractivity contribution in [2.75, 3.05) is 70.5 Å². The summed E-state index contributed by atoms with van der Waals surface area (Å²) in [5, 5.41) is 6.14. The van der Waals surface area contributed by atoms with Crippen LogP contribution in [0, 0.1) is 0 Å². The second-order valence-corrected chi connectivity index (χ2v) is 10.6. The number of nitrogens with one attached hydrogen (secondary N) is 2. The lowest BCUT2D eigenvalue weighted by Crippen LogP contribution is -2.43. The number of anilines is 1. The van der Waals surface area contributed by atoms with E-state index in [1.807, 2.05) is 24.3 Å². The summed E-state index contributed by atoms with van der Waals surface area (Å²) in [7, 11) is 0. The third-order valence-electron chi connectivity index (χ3n) is 7.65. The molecular formula is C30H34ClN5O3. The fourth-order valence-corrected chi connectivity index (χ4v) is 5.82. The number of hydrogen-bond donors (Lipinski definition) is 3. The molecule has 3 aromatic carbocycles. The Morgan fingerprint density at radius 1 is 0.974 bits per heavy atom. The molecule has 0 saturated carbocycles. The van der Waals surface area contributed by atoms with Gasteiger partial charge in [0, 0.05) is 67.8 Å². The van der Waals surface area contributed by atoms with Gasteiger partial charge in [0.05, 0.1) is 30.2 Å². The number of ether oxygens (including phenoxy) is 2. The van der Waals surface area contributed by atoms with E-state index >= 15 is 0 Å². The van der Waals surface area contributed by atoms with Crippen molar-refractivity contribution < 1.29 is 14.3 Å². The number of aromatic nitrogens is 1. The number of nitrogens with two attached hydrogens (primary N) is 1. The summed E-state index contributed by atoms with van der Waals surface area (Å²) in [6.07, 6.45) is 0.151. The van der Waals surface area contributed by atoms with Crippen LogP contribution in [0.4, 0.5) is 5.69 Å². The maximum atomic E-state index is 12.0. The summed E-state index contributed by atoms with van der Waals surface area (Å²) < 4.78 is 11.4. The topological polar surface area (TPSA) is 95.9 Å². The SMILES string of the molecule is NC(=O)Cc1cc(-c2ccc(OCCN3CCOCC3)c(Cl)c2)cc2c1[nH]c1cc(N3CCNCC3)ccc12. The Balaban J connectivity index is 1.30. The molecule has 2 saturated heterocycles. The summed E-state index contributed by atoms with van der Waals surface area (Å²) in [6, 6.07) is 16.6. The molecule has 204 valence electrons. The molecule has 2 aliphatic heterocycles. The van der Waals surface area contributed by atoms with Crippen molar-refractivity contribution in [1.82, 2.24) is 15.2 Å². The number of carbonyl (C=O) groups excluding carboxylic acids is 1. The number of piperazine rings is 1. The number of nitrogens with zero attached hydrogens (tertiary/aromatic N) is 2. The van der Waals surface area contributed by atoms with Gasteiger partial charge in [-0.1, -0.05) is 23.7 Å². The first-order valence-corrected chi connectivity index (χ1v) is 14.0. The minimum Gasteiger partial charge on any atom is -0.491 e. The first-order chi connectivity index (χ1) is 19.0. The molecule has 2 aliphatic rings. The molecule has 39 heavy (non-hydrogen) atoms. The first-order valence-electron chi connectivity index (χ1n) is 13.6. The van der Waals surface area contributed by atoms with E-state index in [1.165, 1.54) is 5.69 Å². The molecular weight excluding hydrogens is 514 g/mol. The second kappa shape index (κ2) is 11.4. The fraction of sp³-hybridized carbons (Fsp3) is 0.367. The van der Waals surface area contributed by atoms with Gasteiger partial charge in [-0.2, -0.15) is 0 Å². The van der Waals surface area contributed by atoms with E-state index < -0.39 is 0 Å². The highest BCUT2D eigenvalue weighted by Gasteiger charge is 2.17. The molecule has 3 heterocycles. The second-order valence-electron chi connectivity index (χ2n) is 10.2. The number of morpholine rings is 1. The predicted octanol–water partition coefficient (Wildman–Crippen LogP) is 3.79. The number of fused-ring (bicyclic) bond motifs is 3. The number of carbonyl (C=O) groups is 1. The maximum Gasteiger partial charge on any atom is 0.221 e. The Morgan fingerprint density at radius 2 is 1.79 bits per heavy atom. The molecule has 9 heteroatoms. The molecule has 0 spiro atoms. The summed E-state index contributed by atoms with van der Waals surface area (Å²) in [5.74, 6) is 0.301. The van der Waals surface area contributed by atoms with Gasteiger partial charge in [0.15, 0.2) is 0 Å². The Kier molecular flexibility index (Phi) is 7.61. The van der Waals surface area contributed by atoms with Gasteiger partial charge in [0.1, 0.15) is 12.4 Å². The van der Waals surface area contributed by atoms with Crippen LogP contribution in [-0.4, -0.2) is 81.4 Å². The van der Waals surface area contributed by atoms with Gasteiger partial charge in [-0.3, -0.25) is 9.69 Å². The zero-order valence-electron chi connectivity index (χ0n) is 22.0. The van der Waals surface area contributed by atoms with Crippen LogP contribution in [0.1, 0.15) is 5.56 Å². The monoisotopic (exact) mass is 547 g/mol. The molecule has 0 aliphatic carbocycles. The van der Waals surface area contributed by atoms with Crippen LogP contribution in [0.25, 0.3) is 32.9 Å². The lowest BCUT2D eigenvalue weighted by molar-refractivity contribution is -0.117. The van der Waals surface area contributed by atoms with Crippen molar-refractivity contribution in [2.24, 2.45) is 5.73 Å². The van der Waals surface area contributed by atoms with E-state index in [4.69, 9.17) is 26.8 Å². The average molecular weight is 548 g/mol. The third kappa shape index (κ3) is 5.70. The third-order valence-corrected chi connectivity index (χ3v) is 7.95. The molecule has 0 bridgehead atoms. The van der Waals surface area contributed by atoms with Crippen molar-refractivity contribution in [2.45, 2.75) is 6.42 Å². The summed E-state index contributed by atoms with van der Waals surface area (Å²) in [5.41, 5.74) is 11.6. The molecule has 6 rings (SSSR count). The van der Waals surface area contributed by atoms with E-state index in [0.717, 1.165) is 97.5 Å². The summed E-state index contributed by atoms with van der Waals surface area (Å²) >= 11 is 6.66. The van der Waals surface area contributed by atoms with Crippen LogP contribution >= 0.6 is 11.6 Å². The number of benzene rings is 3. The van der Waals surface area contributed by atoms with Crippen LogP contribution in [0.2, 0.25) is 5.02 Å². The van der Waals surface area contributed by atoms with Gasteiger partial charge in [0.2, 0.25) is 5.91 Å². The number of H-pyrrole nitrogens is 1. The van der Waals surface area contributed by atoms with Gasteiger partial charge in [0.25, 0.3) is 0 Å². The molecule has 1 aromatic heterocycles. The fourth-order valence-electron chi connectivity index (χ4n) is 5.59. The molecule has 4 aromatic rings. The molecule has 0 radical (unpaired) electrons. The van der Waals surface area contributed by atoms with Crippen molar-refractivity contribution in [1.29, 1.82) is 0 Å². The Bertz CT molecular complexity index is 1490. The zero-order chi connectivity index (χ0) is 26.8. The molecule has 0 unspecified atom stereocenters. The van der Waals surface area contributed by atoms with E-state index in [0.29, 0.717) is 17.4 Å². The quantitative estimate of drug-likeness (QED) is 0.311. The van der Waals surface area contributed by atoms with Crippen LogP contribution in [-0.2, 0) is 16.0 Å². The smallest absolute Gasteiger partial charge is 0.221 e. The Hall–Kier alpha value is -3.30. The minimum atomic E-state index is -0.365. The van der Waals surface area contributed by atoms with E-state index in [9.17, 15) is 4.79 Å². The van der Waals surface area contributed by atoms with Crippen molar-refractivity contribution >= 4 is 45.0 Å². The number of hydrogen-bond acceptors (Lipinski definition) is 6. The van der Waals surface area contributed by atoms with Crippen LogP contribution in [0.5, 0.6) is 5.75 Å². The number of rotatable bonds is 8. The van der Waals surface area contributed by atoms with Crippen LogP contribution in [0.15, 0.2) is 48.5 Å². The average Bonchev–Trinajstić information content (AvgIpc) is 3.33.